The van der Waals surface area contributed by atoms with Crippen molar-refractivity contribution in [1.82, 2.24) is 0 Å². The van der Waals surface area contributed by atoms with E-state index < -0.39 is 4.92 Å². The Kier molecular flexibility index (Phi) is 4.51. The Morgan fingerprint density at radius 2 is 1.95 bits per heavy atom. The topological polar surface area (TPSA) is 87.8 Å². The molecular weight excluding hydrogens is 373 g/mol. The molecule has 0 aliphatic carbocycles. The van der Waals surface area contributed by atoms with Crippen LogP contribution < -0.4 is 5.43 Å². The van der Waals surface area contributed by atoms with Crippen LogP contribution in [0.25, 0.3) is 0 Å². The van der Waals surface area contributed by atoms with Gasteiger partial charge in [0.2, 0.25) is 0 Å². The molecule has 0 unspecified atom stereocenters. The number of nitrogens with zero attached hydrogens (tertiary/aromatic N) is 2. The second kappa shape index (κ2) is 6.33. The number of anilines is 1. The van der Waals surface area contributed by atoms with E-state index in [4.69, 9.17) is 0 Å². The lowest BCUT2D eigenvalue weighted by Gasteiger charge is -2.01. The third-order valence-corrected chi connectivity index (χ3v) is 3.14. The van der Waals surface area contributed by atoms with Gasteiger partial charge >= 0.3 is 0 Å². The Bertz CT molecular complexity index is 656. The van der Waals surface area contributed by atoms with Crippen LogP contribution in [0.15, 0.2) is 47.6 Å². The van der Waals surface area contributed by atoms with Crippen LogP contribution in [0.4, 0.5) is 11.4 Å². The molecule has 0 fully saturated rings. The summed E-state index contributed by atoms with van der Waals surface area (Å²) in [7, 11) is 0. The van der Waals surface area contributed by atoms with Crippen LogP contribution >= 0.6 is 22.6 Å². The molecule has 0 bridgehead atoms. The number of phenols is 1. The van der Waals surface area contributed by atoms with Crippen molar-refractivity contribution in [3.05, 3.63) is 61.7 Å². The Hall–Kier alpha value is -2.16. The summed E-state index contributed by atoms with van der Waals surface area (Å²) in [4.78, 5) is 10.0. The highest BCUT2D eigenvalue weighted by Gasteiger charge is 2.03. The monoisotopic (exact) mass is 383 g/mol. The molecule has 0 radical (unpaired) electrons. The fourth-order valence-electron chi connectivity index (χ4n) is 1.46. The molecule has 0 atom stereocenters. The van der Waals surface area contributed by atoms with Crippen molar-refractivity contribution in [2.45, 2.75) is 0 Å². The summed E-state index contributed by atoms with van der Waals surface area (Å²) in [5.41, 5.74) is 3.97. The number of nitro groups is 1. The Morgan fingerprint density at radius 1 is 1.25 bits per heavy atom. The van der Waals surface area contributed by atoms with E-state index in [2.05, 4.69) is 33.1 Å². The summed E-state index contributed by atoms with van der Waals surface area (Å²) in [6.07, 6.45) is 1.49. The van der Waals surface area contributed by atoms with Gasteiger partial charge in [-0.3, -0.25) is 15.5 Å². The van der Waals surface area contributed by atoms with Gasteiger partial charge in [-0.1, -0.05) is 0 Å². The molecule has 7 heteroatoms. The summed E-state index contributed by atoms with van der Waals surface area (Å²) in [5, 5.41) is 24.1. The first-order chi connectivity index (χ1) is 9.56. The van der Waals surface area contributed by atoms with E-state index >= 15 is 0 Å². The zero-order chi connectivity index (χ0) is 14.5. The molecule has 2 N–H and O–H groups in total. The van der Waals surface area contributed by atoms with Gasteiger partial charge in [-0.25, -0.2) is 0 Å². The molecule has 6 nitrogen and oxygen atoms in total. The van der Waals surface area contributed by atoms with Gasteiger partial charge in [0.05, 0.1) is 16.8 Å². The summed E-state index contributed by atoms with van der Waals surface area (Å²) in [6.45, 7) is 0. The Labute approximate surface area is 128 Å². The number of hydrogen-bond acceptors (Lipinski definition) is 5. The highest BCUT2D eigenvalue weighted by Crippen LogP contribution is 2.18. The van der Waals surface area contributed by atoms with Crippen molar-refractivity contribution in [2.75, 3.05) is 5.43 Å². The number of halogens is 1. The maximum atomic E-state index is 10.5. The van der Waals surface area contributed by atoms with Crippen LogP contribution in [-0.2, 0) is 0 Å². The third kappa shape index (κ3) is 3.67. The van der Waals surface area contributed by atoms with E-state index in [-0.39, 0.29) is 11.4 Å². The number of rotatable bonds is 4. The molecule has 0 amide bonds. The minimum atomic E-state index is -0.461. The molecule has 2 aromatic rings. The molecule has 0 aliphatic rings. The number of nitrogens with one attached hydrogen (secondary N) is 1. The number of aromatic hydroxyl groups is 1. The highest BCUT2D eigenvalue weighted by atomic mass is 127. The van der Waals surface area contributed by atoms with Crippen LogP contribution in [0.2, 0.25) is 0 Å². The molecule has 0 saturated carbocycles. The van der Waals surface area contributed by atoms with Crippen LogP contribution in [0, 0.1) is 13.7 Å². The number of benzene rings is 2. The summed E-state index contributed by atoms with van der Waals surface area (Å²) in [5.74, 6) is 0.139. The van der Waals surface area contributed by atoms with Gasteiger partial charge in [-0.15, -0.1) is 0 Å². The lowest BCUT2D eigenvalue weighted by Crippen LogP contribution is -1.92. The van der Waals surface area contributed by atoms with Crippen LogP contribution in [-0.4, -0.2) is 16.2 Å². The number of non-ortho nitro benzene ring substituents is 1. The molecule has 102 valence electrons. The van der Waals surface area contributed by atoms with Crippen molar-refractivity contribution < 1.29 is 10.0 Å². The average molecular weight is 383 g/mol. The SMILES string of the molecule is O=[N+]([O-])c1ccc(N/N=C/c2cc(I)ccc2O)cc1. The highest BCUT2D eigenvalue weighted by molar-refractivity contribution is 14.1. The predicted molar refractivity (Wildman–Crippen MR) is 85.1 cm³/mol. The fraction of sp³-hybridized carbons (Fsp3) is 0. The molecule has 20 heavy (non-hydrogen) atoms. The molecule has 0 saturated heterocycles. The smallest absolute Gasteiger partial charge is 0.269 e. The first kappa shape index (κ1) is 14.3. The standard InChI is InChI=1S/C13H10IN3O3/c14-10-1-6-13(18)9(7-10)8-15-16-11-2-4-12(5-3-11)17(19)20/h1-8,16,18H/b15-8+. The van der Waals surface area contributed by atoms with E-state index in [9.17, 15) is 15.2 Å². The molecule has 0 spiro atoms. The zero-order valence-electron chi connectivity index (χ0n) is 10.2. The number of phenolic OH excluding ortho intramolecular Hbond substituents is 1. The first-order valence-corrected chi connectivity index (χ1v) is 6.66. The normalized spacial score (nSPS) is 10.7. The Balaban J connectivity index is 2.06. The van der Waals surface area contributed by atoms with Crippen LogP contribution in [0.5, 0.6) is 5.75 Å². The summed E-state index contributed by atoms with van der Waals surface area (Å²) in [6, 6.07) is 11.1. The molecule has 0 heterocycles. The zero-order valence-corrected chi connectivity index (χ0v) is 12.3. The molecular formula is C13H10IN3O3. The summed E-state index contributed by atoms with van der Waals surface area (Å²) >= 11 is 2.14. The number of nitro benzene ring substituents is 1. The predicted octanol–water partition coefficient (Wildman–Crippen LogP) is 3.35. The van der Waals surface area contributed by atoms with Crippen molar-refractivity contribution >= 4 is 40.2 Å². The third-order valence-electron chi connectivity index (χ3n) is 2.46. The van der Waals surface area contributed by atoms with Gasteiger partial charge in [-0.2, -0.15) is 5.10 Å². The van der Waals surface area contributed by atoms with E-state index in [1.165, 1.54) is 18.3 Å². The fourth-order valence-corrected chi connectivity index (χ4v) is 1.98. The van der Waals surface area contributed by atoms with Gasteiger partial charge < -0.3 is 5.11 Å². The van der Waals surface area contributed by atoms with Gasteiger partial charge in [0, 0.05) is 21.3 Å². The van der Waals surface area contributed by atoms with Gasteiger partial charge in [0.15, 0.2) is 0 Å². The maximum absolute atomic E-state index is 10.5. The van der Waals surface area contributed by atoms with Crippen LogP contribution in [0.3, 0.4) is 0 Å². The second-order valence-electron chi connectivity index (χ2n) is 3.88. The average Bonchev–Trinajstić information content (AvgIpc) is 2.43. The van der Waals surface area contributed by atoms with Crippen LogP contribution in [0.1, 0.15) is 5.56 Å². The van der Waals surface area contributed by atoms with Crippen molar-refractivity contribution in [1.29, 1.82) is 0 Å². The molecule has 2 rings (SSSR count). The van der Waals surface area contributed by atoms with Gasteiger partial charge in [-0.05, 0) is 52.9 Å². The first-order valence-electron chi connectivity index (χ1n) is 5.58. The van der Waals surface area contributed by atoms with E-state index in [1.807, 2.05) is 0 Å². The van der Waals surface area contributed by atoms with E-state index in [0.29, 0.717) is 11.3 Å². The number of hydrazone groups is 1. The maximum Gasteiger partial charge on any atom is 0.269 e. The van der Waals surface area contributed by atoms with Crippen molar-refractivity contribution in [3.8, 4) is 5.75 Å². The minimum Gasteiger partial charge on any atom is -0.507 e. The largest absolute Gasteiger partial charge is 0.507 e. The lowest BCUT2D eigenvalue weighted by molar-refractivity contribution is -0.384. The molecule has 2 aromatic carbocycles. The second-order valence-corrected chi connectivity index (χ2v) is 5.12. The summed E-state index contributed by atoms with van der Waals surface area (Å²) < 4.78 is 0.984. The van der Waals surface area contributed by atoms with E-state index in [1.54, 1.807) is 30.3 Å². The minimum absolute atomic E-state index is 0.0230. The molecule has 0 aromatic heterocycles. The van der Waals surface area contributed by atoms with Crippen molar-refractivity contribution in [2.24, 2.45) is 5.10 Å². The lowest BCUT2D eigenvalue weighted by atomic mass is 10.2. The molecule has 0 aliphatic heterocycles. The Morgan fingerprint density at radius 3 is 2.60 bits per heavy atom. The quantitative estimate of drug-likeness (QED) is 0.367. The van der Waals surface area contributed by atoms with Gasteiger partial charge in [0.25, 0.3) is 5.69 Å². The van der Waals surface area contributed by atoms with Crippen molar-refractivity contribution in [3.63, 3.8) is 0 Å². The van der Waals surface area contributed by atoms with E-state index in [0.717, 1.165) is 3.57 Å². The van der Waals surface area contributed by atoms with Gasteiger partial charge in [0.1, 0.15) is 5.75 Å². The number of hydrogen-bond donors (Lipinski definition) is 2.